The molecule has 3 atom stereocenters. The normalized spacial score (nSPS) is 13.4. The number of aliphatic hydroxyl groups excluding tert-OH is 3. The van der Waals surface area contributed by atoms with Gasteiger partial charge in [0.15, 0.2) is 0 Å². The Balaban J connectivity index is 3.42. The van der Waals surface area contributed by atoms with Gasteiger partial charge in [0.1, 0.15) is 6.10 Å². The molecule has 0 spiro atoms. The van der Waals surface area contributed by atoms with Crippen molar-refractivity contribution in [3.05, 3.63) is 24.3 Å². The van der Waals surface area contributed by atoms with E-state index in [1.165, 1.54) is 244 Å². The van der Waals surface area contributed by atoms with Gasteiger partial charge in [-0.1, -0.05) is 289 Å². The summed E-state index contributed by atoms with van der Waals surface area (Å²) in [6.45, 7) is 4.18. The van der Waals surface area contributed by atoms with Gasteiger partial charge < -0.3 is 20.6 Å². The molecule has 0 aliphatic carbocycles. The van der Waals surface area contributed by atoms with Crippen LogP contribution in [0.15, 0.2) is 24.3 Å². The zero-order valence-electron chi connectivity index (χ0n) is 42.7. The van der Waals surface area contributed by atoms with Gasteiger partial charge in [-0.3, -0.25) is 4.79 Å². The molecule has 4 N–H and O–H groups in total. The first-order chi connectivity index (χ1) is 31.1. The molecule has 0 radical (unpaired) electrons. The van der Waals surface area contributed by atoms with E-state index in [1.54, 1.807) is 0 Å². The highest BCUT2D eigenvalue weighted by molar-refractivity contribution is 5.76. The van der Waals surface area contributed by atoms with Crippen molar-refractivity contribution < 1.29 is 20.1 Å². The van der Waals surface area contributed by atoms with Crippen LogP contribution >= 0.6 is 0 Å². The molecule has 0 fully saturated rings. The summed E-state index contributed by atoms with van der Waals surface area (Å²) in [5, 5.41) is 33.5. The number of rotatable bonds is 53. The number of carbonyl (C=O) groups is 1. The number of hydrogen-bond donors (Lipinski definition) is 4. The molecule has 0 bridgehead atoms. The Morgan fingerprint density at radius 2 is 0.683 bits per heavy atom. The van der Waals surface area contributed by atoms with Crippen molar-refractivity contribution in [2.45, 2.75) is 334 Å². The summed E-state index contributed by atoms with van der Waals surface area (Å²) in [6.07, 6.45) is 67.9. The fourth-order valence-electron chi connectivity index (χ4n) is 9.14. The van der Waals surface area contributed by atoms with E-state index in [0.717, 1.165) is 44.9 Å². The first-order valence-electron chi connectivity index (χ1n) is 28.6. The largest absolute Gasteiger partial charge is 0.394 e. The molecule has 0 saturated carbocycles. The van der Waals surface area contributed by atoms with Gasteiger partial charge in [-0.2, -0.15) is 0 Å². The minimum absolute atomic E-state index is 0.142. The number of allylic oxidation sites excluding steroid dienone is 4. The van der Waals surface area contributed by atoms with E-state index in [1.807, 2.05) is 0 Å². The van der Waals surface area contributed by atoms with E-state index in [4.69, 9.17) is 0 Å². The predicted molar refractivity (Wildman–Crippen MR) is 278 cm³/mol. The third-order valence-electron chi connectivity index (χ3n) is 13.6. The van der Waals surface area contributed by atoms with Gasteiger partial charge in [-0.05, 0) is 44.9 Å². The standard InChI is InChI=1S/C58H113NO4/c1-3-5-7-9-11-13-15-16-17-18-19-20-21-22-23-24-25-26-27-28-29-30-31-32-33-34-35-36-37-38-39-40-41-42-43-45-47-49-51-53-57(62)59-55(54-60)58(63)56(61)52-50-48-46-44-14-12-10-8-6-4-2/h25-26,28-29,55-56,58,60-61,63H,3-24,27,30-54H2,1-2H3,(H,59,62)/b26-25-,29-28-. The molecule has 0 saturated heterocycles. The molecule has 63 heavy (non-hydrogen) atoms. The van der Waals surface area contributed by atoms with Gasteiger partial charge in [0.2, 0.25) is 5.91 Å². The fraction of sp³-hybridized carbons (Fsp3) is 0.914. The molecule has 0 heterocycles. The molecule has 0 aromatic rings. The highest BCUT2D eigenvalue weighted by Gasteiger charge is 2.26. The number of hydrogen-bond acceptors (Lipinski definition) is 4. The van der Waals surface area contributed by atoms with Crippen LogP contribution in [0.1, 0.15) is 316 Å². The lowest BCUT2D eigenvalue weighted by Crippen LogP contribution is -2.50. The summed E-state index contributed by atoms with van der Waals surface area (Å²) in [5.74, 6) is -0.142. The smallest absolute Gasteiger partial charge is 0.220 e. The Kier molecular flexibility index (Phi) is 52.5. The highest BCUT2D eigenvalue weighted by Crippen LogP contribution is 2.18. The number of carbonyl (C=O) groups excluding carboxylic acids is 1. The molecular weight excluding hydrogens is 775 g/mol. The second kappa shape index (κ2) is 53.4. The van der Waals surface area contributed by atoms with E-state index >= 15 is 0 Å². The lowest BCUT2D eigenvalue weighted by Gasteiger charge is -2.26. The Bertz CT molecular complexity index is 936. The second-order valence-corrected chi connectivity index (χ2v) is 19.9. The van der Waals surface area contributed by atoms with Gasteiger partial charge in [-0.15, -0.1) is 0 Å². The minimum Gasteiger partial charge on any atom is -0.394 e. The zero-order valence-corrected chi connectivity index (χ0v) is 42.7. The van der Waals surface area contributed by atoms with Crippen LogP contribution in [0.2, 0.25) is 0 Å². The predicted octanol–water partition coefficient (Wildman–Crippen LogP) is 17.7. The fourth-order valence-corrected chi connectivity index (χ4v) is 9.14. The molecule has 0 aliphatic rings. The van der Waals surface area contributed by atoms with Gasteiger partial charge in [-0.25, -0.2) is 0 Å². The molecule has 0 aromatic heterocycles. The zero-order chi connectivity index (χ0) is 45.8. The first kappa shape index (κ1) is 61.8. The van der Waals surface area contributed by atoms with Gasteiger partial charge in [0, 0.05) is 6.42 Å². The van der Waals surface area contributed by atoms with Crippen molar-refractivity contribution in [2.75, 3.05) is 6.61 Å². The molecule has 5 heteroatoms. The van der Waals surface area contributed by atoms with Crippen LogP contribution < -0.4 is 5.32 Å². The average Bonchev–Trinajstić information content (AvgIpc) is 3.29. The van der Waals surface area contributed by atoms with Crippen molar-refractivity contribution >= 4 is 5.91 Å². The van der Waals surface area contributed by atoms with E-state index in [-0.39, 0.29) is 12.5 Å². The van der Waals surface area contributed by atoms with E-state index < -0.39 is 18.2 Å². The summed E-state index contributed by atoms with van der Waals surface area (Å²) < 4.78 is 0. The van der Waals surface area contributed by atoms with Gasteiger partial charge in [0.25, 0.3) is 0 Å². The van der Waals surface area contributed by atoms with Crippen LogP contribution in [0.5, 0.6) is 0 Å². The quantitative estimate of drug-likeness (QED) is 0.0362. The van der Waals surface area contributed by atoms with Crippen LogP contribution in [0.3, 0.4) is 0 Å². The van der Waals surface area contributed by atoms with Gasteiger partial charge in [0.05, 0.1) is 18.8 Å². The molecule has 0 aromatic carbocycles. The topological polar surface area (TPSA) is 89.8 Å². The number of aliphatic hydroxyl groups is 3. The average molecular weight is 889 g/mol. The van der Waals surface area contributed by atoms with Crippen LogP contribution in [-0.4, -0.2) is 46.1 Å². The van der Waals surface area contributed by atoms with Gasteiger partial charge >= 0.3 is 0 Å². The summed E-state index contributed by atoms with van der Waals surface area (Å²) >= 11 is 0. The van der Waals surface area contributed by atoms with Crippen LogP contribution in [0.25, 0.3) is 0 Å². The van der Waals surface area contributed by atoms with Crippen molar-refractivity contribution in [2.24, 2.45) is 0 Å². The Morgan fingerprint density at radius 3 is 1.00 bits per heavy atom. The molecule has 0 rings (SSSR count). The Labute approximate surface area is 394 Å². The Morgan fingerprint density at radius 1 is 0.397 bits per heavy atom. The second-order valence-electron chi connectivity index (χ2n) is 19.9. The molecule has 1 amide bonds. The maximum atomic E-state index is 12.5. The lowest BCUT2D eigenvalue weighted by atomic mass is 9.99. The van der Waals surface area contributed by atoms with E-state index in [2.05, 4.69) is 43.5 Å². The number of amides is 1. The molecule has 3 unspecified atom stereocenters. The molecule has 5 nitrogen and oxygen atoms in total. The summed E-state index contributed by atoms with van der Waals surface area (Å²) in [5.41, 5.74) is 0. The third kappa shape index (κ3) is 48.6. The Hall–Kier alpha value is -1.17. The van der Waals surface area contributed by atoms with Crippen LogP contribution in [0.4, 0.5) is 0 Å². The monoisotopic (exact) mass is 888 g/mol. The number of unbranched alkanes of at least 4 members (excludes halogenated alkanes) is 41. The summed E-state index contributed by atoms with van der Waals surface area (Å²) in [4.78, 5) is 12.5. The van der Waals surface area contributed by atoms with Crippen molar-refractivity contribution in [1.29, 1.82) is 0 Å². The van der Waals surface area contributed by atoms with Crippen molar-refractivity contribution in [3.8, 4) is 0 Å². The van der Waals surface area contributed by atoms with Crippen LogP contribution in [-0.2, 0) is 4.79 Å². The summed E-state index contributed by atoms with van der Waals surface area (Å²) in [6, 6.07) is -0.806. The SMILES string of the molecule is CCCCCCCCCCCCCCCCC/C=C\C/C=C\CCCCCCCCCCCCCCCCCCCC(=O)NC(CO)C(O)C(O)CCCCCCCCCCCC. The molecular formula is C58H113NO4. The van der Waals surface area contributed by atoms with Crippen molar-refractivity contribution in [3.63, 3.8) is 0 Å². The summed E-state index contributed by atoms with van der Waals surface area (Å²) in [7, 11) is 0. The van der Waals surface area contributed by atoms with E-state index in [0.29, 0.717) is 12.8 Å². The maximum absolute atomic E-state index is 12.5. The third-order valence-corrected chi connectivity index (χ3v) is 13.6. The van der Waals surface area contributed by atoms with Crippen LogP contribution in [0, 0.1) is 0 Å². The minimum atomic E-state index is -1.13. The lowest BCUT2D eigenvalue weighted by molar-refractivity contribution is -0.124. The highest BCUT2D eigenvalue weighted by atomic mass is 16.3. The molecule has 374 valence electrons. The van der Waals surface area contributed by atoms with E-state index in [9.17, 15) is 20.1 Å². The maximum Gasteiger partial charge on any atom is 0.220 e. The first-order valence-corrected chi connectivity index (χ1v) is 28.6. The van der Waals surface area contributed by atoms with Crippen molar-refractivity contribution in [1.82, 2.24) is 5.32 Å². The molecule has 0 aliphatic heterocycles. The number of nitrogens with one attached hydrogen (secondary N) is 1.